The third-order valence-electron chi connectivity index (χ3n) is 3.83. The van der Waals surface area contributed by atoms with E-state index in [0.717, 1.165) is 0 Å². The minimum absolute atomic E-state index is 0.310. The van der Waals surface area contributed by atoms with Crippen molar-refractivity contribution in [2.45, 2.75) is 20.4 Å². The van der Waals surface area contributed by atoms with E-state index < -0.39 is 17.3 Å². The molecule has 0 aliphatic heterocycles. The van der Waals surface area contributed by atoms with Crippen molar-refractivity contribution in [1.82, 2.24) is 4.57 Å². The Morgan fingerprint density at radius 1 is 1.38 bits per heavy atom. The zero-order valence-electron chi connectivity index (χ0n) is 13.1. The summed E-state index contributed by atoms with van der Waals surface area (Å²) in [7, 11) is 0. The lowest BCUT2D eigenvalue weighted by Crippen LogP contribution is -2.29. The maximum Gasteiger partial charge on any atom is 0.267 e. The maximum atomic E-state index is 13.2. The van der Waals surface area contributed by atoms with Crippen molar-refractivity contribution in [3.8, 4) is 5.75 Å². The molecule has 0 spiro atoms. The standard InChI is InChI=1S/C17H15FN2O3S/c1-3-20-12-6-7-24-15(12)14(21)13(17(20)23)16(22)19-11-5-4-10(18)8-9(11)2/h4-8,21H,3H2,1-2H3,(H,19,22). The molecule has 124 valence electrons. The molecule has 0 aliphatic rings. The number of carbonyl (C=O) groups is 1. The van der Waals surface area contributed by atoms with E-state index in [1.165, 1.54) is 34.1 Å². The van der Waals surface area contributed by atoms with Gasteiger partial charge in [0, 0.05) is 12.2 Å². The van der Waals surface area contributed by atoms with Crippen molar-refractivity contribution in [1.29, 1.82) is 0 Å². The molecule has 1 amide bonds. The smallest absolute Gasteiger partial charge is 0.267 e. The van der Waals surface area contributed by atoms with Gasteiger partial charge in [-0.2, -0.15) is 0 Å². The molecule has 0 saturated heterocycles. The maximum absolute atomic E-state index is 13.2. The van der Waals surface area contributed by atoms with E-state index in [2.05, 4.69) is 5.32 Å². The van der Waals surface area contributed by atoms with Gasteiger partial charge in [-0.1, -0.05) is 0 Å². The monoisotopic (exact) mass is 346 g/mol. The molecule has 0 atom stereocenters. The highest BCUT2D eigenvalue weighted by Gasteiger charge is 2.23. The van der Waals surface area contributed by atoms with E-state index in [0.29, 0.717) is 28.0 Å². The molecule has 5 nitrogen and oxygen atoms in total. The fourth-order valence-electron chi connectivity index (χ4n) is 2.62. The Morgan fingerprint density at radius 2 is 2.12 bits per heavy atom. The van der Waals surface area contributed by atoms with Crippen LogP contribution in [0, 0.1) is 12.7 Å². The van der Waals surface area contributed by atoms with Crippen LogP contribution in [0.2, 0.25) is 0 Å². The van der Waals surface area contributed by atoms with Crippen LogP contribution in [0.5, 0.6) is 5.75 Å². The minimum atomic E-state index is -0.718. The Bertz CT molecular complexity index is 1010. The van der Waals surface area contributed by atoms with Crippen LogP contribution >= 0.6 is 11.3 Å². The quantitative estimate of drug-likeness (QED) is 0.763. The number of hydrogen-bond acceptors (Lipinski definition) is 4. The topological polar surface area (TPSA) is 71.3 Å². The Morgan fingerprint density at radius 3 is 2.79 bits per heavy atom. The highest BCUT2D eigenvalue weighted by atomic mass is 32.1. The summed E-state index contributed by atoms with van der Waals surface area (Å²) in [4.78, 5) is 25.1. The first-order chi connectivity index (χ1) is 11.4. The highest BCUT2D eigenvalue weighted by molar-refractivity contribution is 7.17. The molecule has 0 fully saturated rings. The molecular weight excluding hydrogens is 331 g/mol. The molecule has 3 aromatic rings. The number of aromatic nitrogens is 1. The zero-order chi connectivity index (χ0) is 17.4. The lowest BCUT2D eigenvalue weighted by molar-refractivity contribution is 0.102. The Labute approximate surface area is 141 Å². The van der Waals surface area contributed by atoms with Gasteiger partial charge in [-0.15, -0.1) is 11.3 Å². The molecule has 3 rings (SSSR count). The van der Waals surface area contributed by atoms with Crippen molar-refractivity contribution in [3.05, 3.63) is 56.9 Å². The molecule has 0 unspecified atom stereocenters. The second-order valence-electron chi connectivity index (χ2n) is 5.32. The van der Waals surface area contributed by atoms with E-state index in [1.54, 1.807) is 25.3 Å². The number of halogens is 1. The summed E-state index contributed by atoms with van der Waals surface area (Å²) < 4.78 is 15.1. The van der Waals surface area contributed by atoms with E-state index >= 15 is 0 Å². The summed E-state index contributed by atoms with van der Waals surface area (Å²) in [6.45, 7) is 3.81. The van der Waals surface area contributed by atoms with Crippen LogP contribution in [-0.4, -0.2) is 15.6 Å². The molecule has 0 radical (unpaired) electrons. The molecular formula is C17H15FN2O3S. The Hall–Kier alpha value is -2.67. The van der Waals surface area contributed by atoms with Gasteiger partial charge >= 0.3 is 0 Å². The van der Waals surface area contributed by atoms with Crippen LogP contribution in [0.25, 0.3) is 10.2 Å². The van der Waals surface area contributed by atoms with Gasteiger partial charge in [-0.05, 0) is 49.1 Å². The number of carbonyl (C=O) groups excluding carboxylic acids is 1. The number of nitrogens with zero attached hydrogens (tertiary/aromatic N) is 1. The normalized spacial score (nSPS) is 11.0. The van der Waals surface area contributed by atoms with Gasteiger partial charge in [0.2, 0.25) is 0 Å². The van der Waals surface area contributed by atoms with Crippen LogP contribution in [0.3, 0.4) is 0 Å². The molecule has 7 heteroatoms. The average Bonchev–Trinajstić information content (AvgIpc) is 3.00. The summed E-state index contributed by atoms with van der Waals surface area (Å²) in [5, 5.41) is 14.7. The van der Waals surface area contributed by atoms with Gasteiger partial charge in [0.05, 0.1) is 10.2 Å². The lowest BCUT2D eigenvalue weighted by Gasteiger charge is -2.12. The van der Waals surface area contributed by atoms with Crippen LogP contribution in [-0.2, 0) is 6.54 Å². The van der Waals surface area contributed by atoms with Crippen molar-refractivity contribution in [2.24, 2.45) is 0 Å². The number of benzene rings is 1. The number of pyridine rings is 1. The molecule has 0 aliphatic carbocycles. The number of fused-ring (bicyclic) bond motifs is 1. The number of aromatic hydroxyl groups is 1. The number of anilines is 1. The predicted molar refractivity (Wildman–Crippen MR) is 92.5 cm³/mol. The molecule has 1 aromatic carbocycles. The van der Waals surface area contributed by atoms with E-state index in [4.69, 9.17) is 0 Å². The lowest BCUT2D eigenvalue weighted by atomic mass is 10.1. The van der Waals surface area contributed by atoms with Crippen molar-refractivity contribution in [2.75, 3.05) is 5.32 Å². The summed E-state index contributed by atoms with van der Waals surface area (Å²) >= 11 is 1.26. The third kappa shape index (κ3) is 2.56. The number of amides is 1. The van der Waals surface area contributed by atoms with E-state index in [9.17, 15) is 19.1 Å². The first-order valence-electron chi connectivity index (χ1n) is 7.34. The minimum Gasteiger partial charge on any atom is -0.505 e. The summed E-state index contributed by atoms with van der Waals surface area (Å²) in [6.07, 6.45) is 0. The van der Waals surface area contributed by atoms with Crippen LogP contribution in [0.4, 0.5) is 10.1 Å². The van der Waals surface area contributed by atoms with Crippen LogP contribution in [0.15, 0.2) is 34.4 Å². The average molecular weight is 346 g/mol. The number of aryl methyl sites for hydroxylation is 2. The second-order valence-corrected chi connectivity index (χ2v) is 6.24. The van der Waals surface area contributed by atoms with Crippen LogP contribution in [0.1, 0.15) is 22.8 Å². The number of thiophene rings is 1. The Kier molecular flexibility index (Phi) is 4.11. The van der Waals surface area contributed by atoms with Gasteiger partial charge < -0.3 is 15.0 Å². The molecule has 0 saturated carbocycles. The summed E-state index contributed by atoms with van der Waals surface area (Å²) in [6, 6.07) is 5.65. The highest BCUT2D eigenvalue weighted by Crippen LogP contribution is 2.31. The number of hydrogen-bond donors (Lipinski definition) is 2. The first kappa shape index (κ1) is 16.2. The van der Waals surface area contributed by atoms with Crippen LogP contribution < -0.4 is 10.9 Å². The second kappa shape index (κ2) is 6.09. The molecule has 2 N–H and O–H groups in total. The van der Waals surface area contributed by atoms with Gasteiger partial charge in [0.15, 0.2) is 5.75 Å². The molecule has 2 heterocycles. The van der Waals surface area contributed by atoms with Crippen molar-refractivity contribution in [3.63, 3.8) is 0 Å². The fourth-order valence-corrected chi connectivity index (χ4v) is 3.47. The van der Waals surface area contributed by atoms with E-state index in [1.807, 2.05) is 0 Å². The number of nitrogens with one attached hydrogen (secondary N) is 1. The fraction of sp³-hybridized carbons (Fsp3) is 0.176. The SMILES string of the molecule is CCn1c(=O)c(C(=O)Nc2ccc(F)cc2C)c(O)c2sccc21. The van der Waals surface area contributed by atoms with E-state index in [-0.39, 0.29) is 11.3 Å². The summed E-state index contributed by atoms with van der Waals surface area (Å²) in [5.74, 6) is -1.46. The van der Waals surface area contributed by atoms with Gasteiger partial charge in [0.1, 0.15) is 11.4 Å². The van der Waals surface area contributed by atoms with Crippen molar-refractivity contribution >= 4 is 33.1 Å². The Balaban J connectivity index is 2.11. The zero-order valence-corrected chi connectivity index (χ0v) is 13.9. The first-order valence-corrected chi connectivity index (χ1v) is 8.22. The van der Waals surface area contributed by atoms with Gasteiger partial charge in [0.25, 0.3) is 11.5 Å². The van der Waals surface area contributed by atoms with Crippen molar-refractivity contribution < 1.29 is 14.3 Å². The largest absolute Gasteiger partial charge is 0.505 e. The molecule has 24 heavy (non-hydrogen) atoms. The third-order valence-corrected chi connectivity index (χ3v) is 4.74. The molecule has 2 aromatic heterocycles. The molecule has 0 bridgehead atoms. The van der Waals surface area contributed by atoms with Gasteiger partial charge in [-0.25, -0.2) is 4.39 Å². The number of rotatable bonds is 3. The predicted octanol–water partition coefficient (Wildman–Crippen LogP) is 3.49. The van der Waals surface area contributed by atoms with Gasteiger partial charge in [-0.3, -0.25) is 9.59 Å². The summed E-state index contributed by atoms with van der Waals surface area (Å²) in [5.41, 5.74) is 0.638.